The minimum atomic E-state index is 0.0674. The van der Waals surface area contributed by atoms with Gasteiger partial charge in [0.15, 0.2) is 0 Å². The normalized spacial score (nSPS) is 19.2. The van der Waals surface area contributed by atoms with Gasteiger partial charge >= 0.3 is 0 Å². The van der Waals surface area contributed by atoms with Crippen LogP contribution in [-0.4, -0.2) is 53.9 Å². The lowest BCUT2D eigenvalue weighted by molar-refractivity contribution is -0.119. The second-order valence-electron chi connectivity index (χ2n) is 8.49. The number of fused-ring (bicyclic) bond motifs is 2. The van der Waals surface area contributed by atoms with Crippen LogP contribution in [-0.2, 0) is 24.1 Å². The molecule has 1 aliphatic carbocycles. The number of amides is 1. The van der Waals surface area contributed by atoms with Crippen molar-refractivity contribution in [2.45, 2.75) is 32.2 Å². The average molecular weight is 421 g/mol. The van der Waals surface area contributed by atoms with Crippen LogP contribution >= 0.6 is 11.5 Å². The van der Waals surface area contributed by atoms with Gasteiger partial charge in [0, 0.05) is 51.1 Å². The molecular formula is C24H28N4OS. The molecule has 0 unspecified atom stereocenters. The number of carbonyl (C=O) groups excluding carboxylic acids is 1. The van der Waals surface area contributed by atoms with E-state index in [-0.39, 0.29) is 11.9 Å². The van der Waals surface area contributed by atoms with Crippen LogP contribution in [0.15, 0.2) is 42.5 Å². The maximum Gasteiger partial charge on any atom is 0.217 e. The van der Waals surface area contributed by atoms with Crippen LogP contribution in [0.3, 0.4) is 0 Å². The summed E-state index contributed by atoms with van der Waals surface area (Å²) >= 11 is 1.60. The van der Waals surface area contributed by atoms with Crippen molar-refractivity contribution in [1.29, 1.82) is 0 Å². The number of nitrogens with one attached hydrogen (secondary N) is 1. The Bertz CT molecular complexity index is 1050. The Morgan fingerprint density at radius 3 is 2.73 bits per heavy atom. The largest absolute Gasteiger partial charge is 0.353 e. The molecule has 0 radical (unpaired) electrons. The molecule has 1 aromatic heterocycles. The van der Waals surface area contributed by atoms with E-state index in [1.54, 1.807) is 18.5 Å². The van der Waals surface area contributed by atoms with E-state index in [9.17, 15) is 4.79 Å². The van der Waals surface area contributed by atoms with Crippen molar-refractivity contribution < 1.29 is 4.79 Å². The highest BCUT2D eigenvalue weighted by molar-refractivity contribution is 7.13. The molecule has 1 N–H and O–H groups in total. The summed E-state index contributed by atoms with van der Waals surface area (Å²) in [6, 6.07) is 15.7. The van der Waals surface area contributed by atoms with Crippen LogP contribution in [0, 0.1) is 0 Å². The predicted octanol–water partition coefficient (Wildman–Crippen LogP) is 3.26. The Kier molecular flexibility index (Phi) is 5.44. The molecular weight excluding hydrogens is 392 g/mol. The van der Waals surface area contributed by atoms with Gasteiger partial charge in [-0.15, -0.1) is 0 Å². The predicted molar refractivity (Wildman–Crippen MR) is 123 cm³/mol. The van der Waals surface area contributed by atoms with Crippen molar-refractivity contribution in [2.24, 2.45) is 0 Å². The summed E-state index contributed by atoms with van der Waals surface area (Å²) in [6.07, 6.45) is 3.00. The quantitative estimate of drug-likeness (QED) is 0.688. The molecule has 2 aromatic carbocycles. The number of piperazine rings is 1. The molecule has 1 saturated heterocycles. The average Bonchev–Trinajstić information content (AvgIpc) is 3.35. The summed E-state index contributed by atoms with van der Waals surface area (Å²) < 4.78 is 5.99. The van der Waals surface area contributed by atoms with E-state index >= 15 is 0 Å². The van der Waals surface area contributed by atoms with E-state index in [2.05, 4.69) is 57.6 Å². The van der Waals surface area contributed by atoms with Gasteiger partial charge in [0.05, 0.1) is 4.70 Å². The van der Waals surface area contributed by atoms with Gasteiger partial charge in [-0.25, -0.2) is 0 Å². The van der Waals surface area contributed by atoms with Crippen molar-refractivity contribution >= 4 is 33.3 Å². The van der Waals surface area contributed by atoms with Crippen molar-refractivity contribution in [2.75, 3.05) is 37.6 Å². The summed E-state index contributed by atoms with van der Waals surface area (Å²) in [5, 5.41) is 4.35. The minimum absolute atomic E-state index is 0.0674. The molecule has 5 rings (SSSR count). The highest BCUT2D eigenvalue weighted by Gasteiger charge is 2.23. The fourth-order valence-electron chi connectivity index (χ4n) is 4.79. The lowest BCUT2D eigenvalue weighted by Gasteiger charge is -2.35. The summed E-state index contributed by atoms with van der Waals surface area (Å²) in [4.78, 5) is 16.3. The van der Waals surface area contributed by atoms with Crippen LogP contribution < -0.4 is 10.2 Å². The Morgan fingerprint density at radius 1 is 1.10 bits per heavy atom. The number of benzene rings is 2. The molecule has 5 nitrogen and oxygen atoms in total. The number of rotatable bonds is 5. The molecule has 2 aliphatic rings. The Balaban J connectivity index is 1.14. The standard InChI is InChI=1S/C24H28N4OS/c1-17(29)25-21-15-19-7-6-18(14-20(19)16-21)8-9-27-10-12-28(13-11-27)24-22-4-2-3-5-23(22)30-26-24/h2-7,14,21H,8-13,15-16H2,1H3,(H,25,29)/t21-/m0/s1. The smallest absolute Gasteiger partial charge is 0.217 e. The number of hydrogen-bond acceptors (Lipinski definition) is 5. The number of hydrogen-bond donors (Lipinski definition) is 1. The van der Waals surface area contributed by atoms with Crippen LogP contribution in [0.2, 0.25) is 0 Å². The first kappa shape index (κ1) is 19.5. The Hall–Kier alpha value is -2.44. The lowest BCUT2D eigenvalue weighted by atomic mass is 10.0. The van der Waals surface area contributed by atoms with Crippen molar-refractivity contribution in [1.82, 2.24) is 14.6 Å². The van der Waals surface area contributed by atoms with Crippen LogP contribution in [0.25, 0.3) is 10.1 Å². The third-order valence-electron chi connectivity index (χ3n) is 6.36. The maximum atomic E-state index is 11.3. The third-order valence-corrected chi connectivity index (χ3v) is 7.17. The first-order valence-electron chi connectivity index (χ1n) is 10.9. The van der Waals surface area contributed by atoms with Crippen molar-refractivity contribution in [3.05, 3.63) is 59.2 Å². The number of anilines is 1. The van der Waals surface area contributed by atoms with E-state index in [0.717, 1.165) is 57.8 Å². The fraction of sp³-hybridized carbons (Fsp3) is 0.417. The summed E-state index contributed by atoms with van der Waals surface area (Å²) in [6.45, 7) is 6.94. The van der Waals surface area contributed by atoms with Gasteiger partial charge in [-0.3, -0.25) is 9.69 Å². The molecule has 0 saturated carbocycles. The first-order valence-corrected chi connectivity index (χ1v) is 11.6. The van der Waals surface area contributed by atoms with E-state index in [4.69, 9.17) is 4.37 Å². The zero-order chi connectivity index (χ0) is 20.5. The molecule has 30 heavy (non-hydrogen) atoms. The van der Waals surface area contributed by atoms with Gasteiger partial charge < -0.3 is 10.2 Å². The highest BCUT2D eigenvalue weighted by Crippen LogP contribution is 2.30. The van der Waals surface area contributed by atoms with Gasteiger partial charge in [0.2, 0.25) is 5.91 Å². The van der Waals surface area contributed by atoms with Crippen LogP contribution in [0.5, 0.6) is 0 Å². The van der Waals surface area contributed by atoms with Gasteiger partial charge in [-0.1, -0.05) is 30.3 Å². The molecule has 1 fully saturated rings. The molecule has 1 amide bonds. The van der Waals surface area contributed by atoms with Crippen molar-refractivity contribution in [3.63, 3.8) is 0 Å². The van der Waals surface area contributed by atoms with Gasteiger partial charge in [-0.05, 0) is 59.6 Å². The fourth-order valence-corrected chi connectivity index (χ4v) is 5.58. The SMILES string of the molecule is CC(=O)N[C@H]1Cc2ccc(CCN3CCN(c4nsc5ccccc45)CC3)cc2C1. The molecule has 2 heterocycles. The lowest BCUT2D eigenvalue weighted by Crippen LogP contribution is -2.47. The van der Waals surface area contributed by atoms with E-state index < -0.39 is 0 Å². The molecule has 0 bridgehead atoms. The summed E-state index contributed by atoms with van der Waals surface area (Å²) in [7, 11) is 0. The van der Waals surface area contributed by atoms with Crippen LogP contribution in [0.1, 0.15) is 23.6 Å². The zero-order valence-corrected chi connectivity index (χ0v) is 18.3. The molecule has 6 heteroatoms. The van der Waals surface area contributed by atoms with Crippen LogP contribution in [0.4, 0.5) is 5.82 Å². The van der Waals surface area contributed by atoms with Gasteiger partial charge in [0.25, 0.3) is 0 Å². The van der Waals surface area contributed by atoms with E-state index in [1.807, 2.05) is 0 Å². The highest BCUT2D eigenvalue weighted by atomic mass is 32.1. The van der Waals surface area contributed by atoms with Gasteiger partial charge in [-0.2, -0.15) is 4.37 Å². The Labute approximate surface area is 181 Å². The molecule has 3 aromatic rings. The summed E-state index contributed by atoms with van der Waals surface area (Å²) in [5.41, 5.74) is 4.21. The molecule has 156 valence electrons. The second kappa shape index (κ2) is 8.36. The minimum Gasteiger partial charge on any atom is -0.353 e. The van der Waals surface area contributed by atoms with Crippen molar-refractivity contribution in [3.8, 4) is 0 Å². The maximum absolute atomic E-state index is 11.3. The second-order valence-corrected chi connectivity index (χ2v) is 9.29. The molecule has 1 aliphatic heterocycles. The number of nitrogens with zero attached hydrogens (tertiary/aromatic N) is 3. The molecule has 1 atom stereocenters. The topological polar surface area (TPSA) is 48.5 Å². The zero-order valence-electron chi connectivity index (χ0n) is 17.4. The molecule has 0 spiro atoms. The van der Waals surface area contributed by atoms with Gasteiger partial charge in [0.1, 0.15) is 5.82 Å². The first-order chi connectivity index (χ1) is 14.7. The number of aromatic nitrogens is 1. The monoisotopic (exact) mass is 420 g/mol. The Morgan fingerprint density at radius 2 is 1.90 bits per heavy atom. The van der Waals surface area contributed by atoms with E-state index in [1.165, 1.54) is 26.8 Å². The third kappa shape index (κ3) is 4.07. The summed E-state index contributed by atoms with van der Waals surface area (Å²) in [5.74, 6) is 1.22. The van der Waals surface area contributed by atoms with E-state index in [0.29, 0.717) is 0 Å². The number of carbonyl (C=O) groups is 1.